The van der Waals surface area contributed by atoms with E-state index in [-0.39, 0.29) is 17.3 Å². The number of unbranched alkanes of at least 4 members (excludes halogenated alkanes) is 1. The Morgan fingerprint density at radius 2 is 1.00 bits per heavy atom. The largest absolute Gasteiger partial charge is 0.313 e. The third kappa shape index (κ3) is 41.6. The lowest BCUT2D eigenvalue weighted by molar-refractivity contribution is 0.480. The maximum atomic E-state index is 9.79. The van der Waals surface area contributed by atoms with E-state index in [1.54, 1.807) is 20.8 Å². The van der Waals surface area contributed by atoms with Crippen molar-refractivity contribution >= 4 is 30.4 Å². The molecule has 1 aromatic rings. The second-order valence-corrected chi connectivity index (χ2v) is 11.6. The van der Waals surface area contributed by atoms with Gasteiger partial charge in [0, 0.05) is 6.54 Å². The molecule has 0 aromatic heterocycles. The topological polar surface area (TPSA) is 175 Å². The van der Waals surface area contributed by atoms with E-state index < -0.39 is 30.4 Å². The molecule has 1 aromatic carbocycles. The van der Waals surface area contributed by atoms with Gasteiger partial charge in [0.1, 0.15) is 0 Å². The van der Waals surface area contributed by atoms with Crippen LogP contribution in [0.5, 0.6) is 0 Å². The Bertz CT molecular complexity index is 790. The van der Waals surface area contributed by atoms with Crippen molar-refractivity contribution in [1.82, 2.24) is 5.32 Å². The lowest BCUT2D eigenvalue weighted by atomic mass is 10.2. The highest BCUT2D eigenvalue weighted by Gasteiger charge is 1.99. The van der Waals surface area contributed by atoms with Gasteiger partial charge in [0.2, 0.25) is 0 Å². The summed E-state index contributed by atoms with van der Waals surface area (Å²) in [7, 11) is -11.0. The number of rotatable bonds is 11. The molecule has 0 spiro atoms. The van der Waals surface area contributed by atoms with Crippen LogP contribution in [0, 0.1) is 0 Å². The number of hydrogen-bond acceptors (Lipinski definition) is 7. The van der Waals surface area contributed by atoms with Gasteiger partial charge in [-0.25, -0.2) is 0 Å². The molecular weight excluding hydrogens is 494 g/mol. The van der Waals surface area contributed by atoms with Gasteiger partial charge in [-0.2, -0.15) is 25.3 Å². The predicted molar refractivity (Wildman–Crippen MR) is 133 cm³/mol. The average molecular weight is 536 g/mol. The quantitative estimate of drug-likeness (QED) is 0.242. The van der Waals surface area contributed by atoms with E-state index >= 15 is 0 Å². The SMILES string of the molecule is CCCCNCc1ccccc1.CCCS(=O)(=O)O.CCCS(=O)(=O)O.CCCS(=O)(=O)O. The molecule has 0 amide bonds. The van der Waals surface area contributed by atoms with Gasteiger partial charge in [-0.05, 0) is 37.8 Å². The minimum absolute atomic E-state index is 0.132. The summed E-state index contributed by atoms with van der Waals surface area (Å²) in [5, 5.41) is 3.40. The van der Waals surface area contributed by atoms with Crippen molar-refractivity contribution in [3.63, 3.8) is 0 Å². The fourth-order valence-corrected chi connectivity index (χ4v) is 3.45. The van der Waals surface area contributed by atoms with Gasteiger partial charge in [0.25, 0.3) is 30.4 Å². The van der Waals surface area contributed by atoms with Crippen LogP contribution >= 0.6 is 0 Å². The molecule has 0 saturated heterocycles. The standard InChI is InChI=1S/C11H17N.3C3H8O3S/c1-2-3-9-12-10-11-7-5-4-6-8-11;3*1-2-3-7(4,5)6/h4-8,12H,2-3,9-10H2,1H3;3*2-3H2,1H3,(H,4,5,6). The zero-order chi connectivity index (χ0) is 26.4. The molecule has 0 saturated carbocycles. The summed E-state index contributed by atoms with van der Waals surface area (Å²) in [6, 6.07) is 10.5. The minimum Gasteiger partial charge on any atom is -0.313 e. The Labute approximate surface area is 200 Å². The van der Waals surface area contributed by atoms with Gasteiger partial charge in [0.15, 0.2) is 0 Å². The van der Waals surface area contributed by atoms with Crippen LogP contribution in [-0.4, -0.2) is 62.7 Å². The number of nitrogens with one attached hydrogen (secondary N) is 1. The van der Waals surface area contributed by atoms with Crippen LogP contribution in [0.25, 0.3) is 0 Å². The first kappa shape index (κ1) is 36.5. The number of hydrogen-bond donors (Lipinski definition) is 4. The molecule has 1 rings (SSSR count). The molecule has 0 aliphatic heterocycles. The van der Waals surface area contributed by atoms with Gasteiger partial charge in [0.05, 0.1) is 17.3 Å². The molecule has 0 bridgehead atoms. The summed E-state index contributed by atoms with van der Waals surface area (Å²) in [5.74, 6) is -0.396. The summed E-state index contributed by atoms with van der Waals surface area (Å²) in [6.07, 6.45) is 3.95. The third-order valence-electron chi connectivity index (χ3n) is 3.27. The Kier molecular flexibility index (Phi) is 23.7. The molecule has 0 fully saturated rings. The third-order valence-corrected chi connectivity index (χ3v) is 6.04. The van der Waals surface area contributed by atoms with Crippen LogP contribution in [0.3, 0.4) is 0 Å². The maximum absolute atomic E-state index is 9.79. The van der Waals surface area contributed by atoms with E-state index in [1.807, 2.05) is 0 Å². The van der Waals surface area contributed by atoms with Crippen molar-refractivity contribution in [2.24, 2.45) is 0 Å². The van der Waals surface area contributed by atoms with Crippen LogP contribution in [0.2, 0.25) is 0 Å². The van der Waals surface area contributed by atoms with Crippen molar-refractivity contribution in [3.8, 4) is 0 Å². The predicted octanol–water partition coefficient (Wildman–Crippen LogP) is 3.43. The second kappa shape index (κ2) is 21.4. The first-order valence-corrected chi connectivity index (χ1v) is 15.5. The molecule has 13 heteroatoms. The van der Waals surface area contributed by atoms with Gasteiger partial charge < -0.3 is 5.32 Å². The summed E-state index contributed by atoms with van der Waals surface area (Å²) in [4.78, 5) is 0. The van der Waals surface area contributed by atoms with Crippen molar-refractivity contribution in [1.29, 1.82) is 0 Å². The Morgan fingerprint density at radius 3 is 1.24 bits per heavy atom. The van der Waals surface area contributed by atoms with Crippen molar-refractivity contribution in [3.05, 3.63) is 35.9 Å². The highest BCUT2D eigenvalue weighted by atomic mass is 32.2. The zero-order valence-corrected chi connectivity index (χ0v) is 22.4. The molecule has 10 nitrogen and oxygen atoms in total. The van der Waals surface area contributed by atoms with E-state index in [4.69, 9.17) is 13.7 Å². The fraction of sp³-hybridized carbons (Fsp3) is 0.700. The lowest BCUT2D eigenvalue weighted by Crippen LogP contribution is -2.14. The molecular formula is C20H41NO9S3. The molecule has 0 aliphatic carbocycles. The van der Waals surface area contributed by atoms with Gasteiger partial charge >= 0.3 is 0 Å². The first-order chi connectivity index (χ1) is 15.1. The molecule has 0 heterocycles. The Hall–Kier alpha value is -1.09. The van der Waals surface area contributed by atoms with E-state index in [9.17, 15) is 25.3 Å². The van der Waals surface area contributed by atoms with E-state index in [2.05, 4.69) is 42.6 Å². The first-order valence-electron chi connectivity index (χ1n) is 10.7. The van der Waals surface area contributed by atoms with Crippen LogP contribution in [0.15, 0.2) is 30.3 Å². The summed E-state index contributed by atoms with van der Waals surface area (Å²) in [5.41, 5.74) is 1.37. The minimum atomic E-state index is -3.67. The van der Waals surface area contributed by atoms with E-state index in [0.29, 0.717) is 19.3 Å². The molecule has 33 heavy (non-hydrogen) atoms. The van der Waals surface area contributed by atoms with Crippen LogP contribution in [-0.2, 0) is 36.9 Å². The Morgan fingerprint density at radius 1 is 0.636 bits per heavy atom. The normalized spacial score (nSPS) is 11.1. The van der Waals surface area contributed by atoms with Crippen LogP contribution in [0.4, 0.5) is 0 Å². The highest BCUT2D eigenvalue weighted by molar-refractivity contribution is 7.86. The lowest BCUT2D eigenvalue weighted by Gasteiger charge is -2.02. The molecule has 0 radical (unpaired) electrons. The van der Waals surface area contributed by atoms with Gasteiger partial charge in [-0.15, -0.1) is 0 Å². The van der Waals surface area contributed by atoms with Crippen molar-refractivity contribution < 1.29 is 38.9 Å². The molecule has 4 N–H and O–H groups in total. The monoisotopic (exact) mass is 535 g/mol. The van der Waals surface area contributed by atoms with Gasteiger partial charge in [-0.1, -0.05) is 64.4 Å². The van der Waals surface area contributed by atoms with Gasteiger partial charge in [-0.3, -0.25) is 13.7 Å². The Balaban J connectivity index is -0.000000379. The number of benzene rings is 1. The zero-order valence-electron chi connectivity index (χ0n) is 20.0. The van der Waals surface area contributed by atoms with E-state index in [0.717, 1.165) is 13.1 Å². The van der Waals surface area contributed by atoms with Crippen LogP contribution < -0.4 is 5.32 Å². The maximum Gasteiger partial charge on any atom is 0.264 e. The summed E-state index contributed by atoms with van der Waals surface area (Å²) < 4.78 is 82.7. The van der Waals surface area contributed by atoms with E-state index in [1.165, 1.54) is 18.4 Å². The van der Waals surface area contributed by atoms with Crippen molar-refractivity contribution in [2.45, 2.75) is 66.3 Å². The smallest absolute Gasteiger partial charge is 0.264 e. The molecule has 0 aliphatic rings. The highest BCUT2D eigenvalue weighted by Crippen LogP contribution is 1.97. The fourth-order valence-electron chi connectivity index (χ4n) is 1.90. The molecule has 198 valence electrons. The van der Waals surface area contributed by atoms with Crippen LogP contribution in [0.1, 0.15) is 65.4 Å². The molecule has 0 atom stereocenters. The summed E-state index contributed by atoms with van der Waals surface area (Å²) >= 11 is 0. The summed E-state index contributed by atoms with van der Waals surface area (Å²) in [6.45, 7) is 9.41. The second-order valence-electron chi connectivity index (χ2n) is 6.87. The molecule has 0 unspecified atom stereocenters. The van der Waals surface area contributed by atoms with Crippen molar-refractivity contribution in [2.75, 3.05) is 23.8 Å². The average Bonchev–Trinajstić information content (AvgIpc) is 2.65.